The summed E-state index contributed by atoms with van der Waals surface area (Å²) in [6.07, 6.45) is -4.27. The number of rotatable bonds is 0. The summed E-state index contributed by atoms with van der Waals surface area (Å²) in [4.78, 5) is 0. The monoisotopic (exact) mass is 246 g/mol. The molecule has 0 aliphatic carbocycles. The molecular formula is C12H17F3N2. The predicted octanol–water partition coefficient (Wildman–Crippen LogP) is 3.78. The number of fused-ring (bicyclic) bond motifs is 1. The van der Waals surface area contributed by atoms with Gasteiger partial charge < -0.3 is 5.43 Å². The quantitative estimate of drug-likeness (QED) is 0.728. The van der Waals surface area contributed by atoms with Crippen LogP contribution in [0.1, 0.15) is 36.1 Å². The van der Waals surface area contributed by atoms with Gasteiger partial charge in [0.25, 0.3) is 0 Å². The Morgan fingerprint density at radius 3 is 2.29 bits per heavy atom. The van der Waals surface area contributed by atoms with Gasteiger partial charge in [0.1, 0.15) is 0 Å². The molecule has 5 heteroatoms. The van der Waals surface area contributed by atoms with Gasteiger partial charge in [-0.15, -0.1) is 0 Å². The molecule has 0 amide bonds. The van der Waals surface area contributed by atoms with Crippen molar-refractivity contribution in [1.82, 2.24) is 5.43 Å². The topological polar surface area (TPSA) is 24.1 Å². The molecule has 0 radical (unpaired) electrons. The summed E-state index contributed by atoms with van der Waals surface area (Å²) in [6.45, 7) is 7.43. The molecule has 0 aromatic heterocycles. The van der Waals surface area contributed by atoms with Crippen molar-refractivity contribution in [1.29, 1.82) is 0 Å². The third-order valence-corrected chi connectivity index (χ3v) is 2.68. The average molecular weight is 246 g/mol. The number of hydrazine groups is 1. The maximum atomic E-state index is 12.7. The Kier molecular flexibility index (Phi) is 4.03. The van der Waals surface area contributed by atoms with E-state index in [1.54, 1.807) is 0 Å². The van der Waals surface area contributed by atoms with Crippen LogP contribution < -0.4 is 10.9 Å². The fourth-order valence-corrected chi connectivity index (χ4v) is 2.03. The minimum atomic E-state index is -4.27. The zero-order valence-electron chi connectivity index (χ0n) is 10.4. The molecule has 0 fully saturated rings. The van der Waals surface area contributed by atoms with Crippen LogP contribution in [0.25, 0.3) is 0 Å². The number of halogens is 3. The molecule has 0 saturated carbocycles. The minimum absolute atomic E-state index is 0.259. The van der Waals surface area contributed by atoms with Crippen molar-refractivity contribution in [2.45, 2.75) is 40.4 Å². The molecule has 17 heavy (non-hydrogen) atoms. The Morgan fingerprint density at radius 2 is 1.76 bits per heavy atom. The van der Waals surface area contributed by atoms with Gasteiger partial charge in [0.05, 0.1) is 11.3 Å². The summed E-state index contributed by atoms with van der Waals surface area (Å²) in [5, 5.41) is 0. The van der Waals surface area contributed by atoms with Crippen LogP contribution in [-0.2, 0) is 12.7 Å². The van der Waals surface area contributed by atoms with Crippen molar-refractivity contribution in [2.75, 3.05) is 5.43 Å². The molecule has 1 aliphatic heterocycles. The summed E-state index contributed by atoms with van der Waals surface area (Å²) in [5.74, 6) is 0. The summed E-state index contributed by atoms with van der Waals surface area (Å²) < 4.78 is 38.2. The Labute approximate surface area is 99.2 Å². The van der Waals surface area contributed by atoms with E-state index >= 15 is 0 Å². The van der Waals surface area contributed by atoms with Gasteiger partial charge >= 0.3 is 6.18 Å². The molecule has 2 rings (SSSR count). The predicted molar refractivity (Wildman–Crippen MR) is 62.7 cm³/mol. The van der Waals surface area contributed by atoms with Crippen molar-refractivity contribution in [3.05, 3.63) is 28.3 Å². The maximum absolute atomic E-state index is 12.7. The molecule has 0 atom stereocenters. The van der Waals surface area contributed by atoms with Gasteiger partial charge in [-0.2, -0.15) is 13.2 Å². The van der Waals surface area contributed by atoms with Gasteiger partial charge in [0.2, 0.25) is 0 Å². The first-order valence-corrected chi connectivity index (χ1v) is 5.60. The van der Waals surface area contributed by atoms with E-state index in [1.807, 2.05) is 13.8 Å². The van der Waals surface area contributed by atoms with E-state index in [1.165, 1.54) is 19.9 Å². The summed E-state index contributed by atoms with van der Waals surface area (Å²) in [5.41, 5.74) is 7.18. The number of hydrogen-bond donors (Lipinski definition) is 2. The van der Waals surface area contributed by atoms with E-state index in [-0.39, 0.29) is 5.56 Å². The van der Waals surface area contributed by atoms with Gasteiger partial charge in [0, 0.05) is 6.54 Å². The highest BCUT2D eigenvalue weighted by atomic mass is 19.4. The lowest BCUT2D eigenvalue weighted by Gasteiger charge is -2.16. The fraction of sp³-hybridized carbons (Fsp3) is 0.500. The molecule has 1 heterocycles. The van der Waals surface area contributed by atoms with E-state index < -0.39 is 11.7 Å². The number of alkyl halides is 3. The number of anilines is 1. The molecule has 0 saturated heterocycles. The van der Waals surface area contributed by atoms with E-state index in [0.717, 1.165) is 5.69 Å². The molecule has 1 aromatic rings. The molecular weight excluding hydrogens is 229 g/mol. The van der Waals surface area contributed by atoms with Crippen LogP contribution in [0.4, 0.5) is 18.9 Å². The lowest BCUT2D eigenvalue weighted by Crippen LogP contribution is -2.11. The van der Waals surface area contributed by atoms with Crippen molar-refractivity contribution in [3.63, 3.8) is 0 Å². The molecule has 96 valence electrons. The summed E-state index contributed by atoms with van der Waals surface area (Å²) in [7, 11) is 0. The third kappa shape index (κ3) is 2.54. The van der Waals surface area contributed by atoms with Crippen molar-refractivity contribution in [3.8, 4) is 0 Å². The van der Waals surface area contributed by atoms with Crippen LogP contribution in [0.15, 0.2) is 6.07 Å². The van der Waals surface area contributed by atoms with Crippen molar-refractivity contribution in [2.24, 2.45) is 0 Å². The average Bonchev–Trinajstić information content (AvgIpc) is 2.66. The van der Waals surface area contributed by atoms with Gasteiger partial charge in [-0.05, 0) is 36.6 Å². The van der Waals surface area contributed by atoms with Crippen LogP contribution in [0.5, 0.6) is 0 Å². The largest absolute Gasteiger partial charge is 0.416 e. The van der Waals surface area contributed by atoms with Crippen LogP contribution in [0, 0.1) is 13.8 Å². The Bertz CT molecular complexity index is 411. The van der Waals surface area contributed by atoms with Gasteiger partial charge in [0.15, 0.2) is 0 Å². The second kappa shape index (κ2) is 4.96. The van der Waals surface area contributed by atoms with Crippen LogP contribution in [-0.4, -0.2) is 0 Å². The summed E-state index contributed by atoms with van der Waals surface area (Å²) >= 11 is 0. The maximum Gasteiger partial charge on any atom is 0.416 e. The Morgan fingerprint density at radius 1 is 1.18 bits per heavy atom. The highest BCUT2D eigenvalue weighted by Crippen LogP contribution is 2.39. The van der Waals surface area contributed by atoms with E-state index in [0.29, 0.717) is 17.7 Å². The molecule has 0 unspecified atom stereocenters. The Balaban J connectivity index is 0.000000686. The first kappa shape index (κ1) is 13.8. The number of hydrogen-bond acceptors (Lipinski definition) is 2. The first-order chi connectivity index (χ1) is 7.91. The zero-order chi connectivity index (χ0) is 13.2. The van der Waals surface area contributed by atoms with E-state index in [9.17, 15) is 13.2 Å². The molecule has 1 aliphatic rings. The van der Waals surface area contributed by atoms with Gasteiger partial charge in [-0.25, -0.2) is 5.43 Å². The molecule has 0 bridgehead atoms. The van der Waals surface area contributed by atoms with E-state index in [2.05, 4.69) is 10.9 Å². The number of aryl methyl sites for hydroxylation is 1. The van der Waals surface area contributed by atoms with Crippen LogP contribution >= 0.6 is 0 Å². The molecule has 0 spiro atoms. The van der Waals surface area contributed by atoms with Crippen molar-refractivity contribution < 1.29 is 13.2 Å². The number of nitrogens with one attached hydrogen (secondary N) is 2. The molecule has 1 aromatic carbocycles. The second-order valence-corrected chi connectivity index (χ2v) is 3.70. The lowest BCUT2D eigenvalue weighted by atomic mass is 9.96. The van der Waals surface area contributed by atoms with Crippen LogP contribution in [0.2, 0.25) is 0 Å². The van der Waals surface area contributed by atoms with Gasteiger partial charge in [-0.1, -0.05) is 13.8 Å². The zero-order valence-corrected chi connectivity index (χ0v) is 10.4. The normalized spacial score (nSPS) is 13.6. The third-order valence-electron chi connectivity index (χ3n) is 2.68. The van der Waals surface area contributed by atoms with E-state index in [4.69, 9.17) is 0 Å². The second-order valence-electron chi connectivity index (χ2n) is 3.70. The number of benzene rings is 1. The van der Waals surface area contributed by atoms with Crippen LogP contribution in [0.3, 0.4) is 0 Å². The standard InChI is InChI=1S/C10H11F3N2.C2H6/c1-5-3-8-7(4-14-15-8)6(2)9(5)10(11,12)13;1-2/h3,14-15H,4H2,1-2H3;1-2H3. The lowest BCUT2D eigenvalue weighted by molar-refractivity contribution is -0.138. The first-order valence-electron chi connectivity index (χ1n) is 5.60. The minimum Gasteiger partial charge on any atom is -0.321 e. The van der Waals surface area contributed by atoms with Crippen molar-refractivity contribution >= 4 is 5.69 Å². The highest BCUT2D eigenvalue weighted by molar-refractivity contribution is 5.62. The van der Waals surface area contributed by atoms with Gasteiger partial charge in [-0.3, -0.25) is 0 Å². The fourth-order valence-electron chi connectivity index (χ4n) is 2.03. The SMILES string of the molecule is CC.Cc1cc2c(c(C)c1C(F)(F)F)CNN2. The highest BCUT2D eigenvalue weighted by Gasteiger charge is 2.36. The summed E-state index contributed by atoms with van der Waals surface area (Å²) in [6, 6.07) is 1.53. The Hall–Kier alpha value is -1.23. The smallest absolute Gasteiger partial charge is 0.321 e. The molecule has 2 nitrogen and oxygen atoms in total. The molecule has 2 N–H and O–H groups in total.